The van der Waals surface area contributed by atoms with Crippen LogP contribution in [0.3, 0.4) is 0 Å². The van der Waals surface area contributed by atoms with Gasteiger partial charge < -0.3 is 19.9 Å². The highest BCUT2D eigenvalue weighted by Gasteiger charge is 2.52. The van der Waals surface area contributed by atoms with Crippen LogP contribution in [0.2, 0.25) is 0 Å². The van der Waals surface area contributed by atoms with E-state index in [0.717, 1.165) is 30.9 Å². The Morgan fingerprint density at radius 1 is 1.46 bits per heavy atom. The Bertz CT molecular complexity index is 709. The Balaban J connectivity index is 1.38. The molecule has 3 fully saturated rings. The molecular formula is C18H24N4O3S. The standard InChI is InChI=1S/C18H24N4O3S/c1-18-4-2-16(23)22(18)14(12-26-18)17(24)20-11-13-3-5-19-15(10-13)21-6-8-25-9-7-21/h3,5,10,14H,2,4,6-9,11-12H2,1H3,(H,20,24)/t14-,18-/m0/s1. The number of ether oxygens (including phenoxy) is 1. The fourth-order valence-electron chi connectivity index (χ4n) is 3.86. The van der Waals surface area contributed by atoms with Gasteiger partial charge >= 0.3 is 0 Å². The van der Waals surface area contributed by atoms with Crippen molar-refractivity contribution in [2.75, 3.05) is 37.0 Å². The van der Waals surface area contributed by atoms with Gasteiger partial charge in [0.25, 0.3) is 0 Å². The molecule has 26 heavy (non-hydrogen) atoms. The summed E-state index contributed by atoms with van der Waals surface area (Å²) >= 11 is 1.71. The molecule has 0 unspecified atom stereocenters. The zero-order chi connectivity index (χ0) is 18.1. The molecule has 3 aliphatic rings. The number of fused-ring (bicyclic) bond motifs is 1. The van der Waals surface area contributed by atoms with Crippen LogP contribution in [0.5, 0.6) is 0 Å². The normalized spacial score (nSPS) is 28.3. The number of morpholine rings is 1. The van der Waals surface area contributed by atoms with Gasteiger partial charge in [0, 0.05) is 38.0 Å². The first-order valence-electron chi connectivity index (χ1n) is 9.08. The first-order chi connectivity index (χ1) is 12.6. The molecule has 2 atom stereocenters. The maximum absolute atomic E-state index is 12.7. The topological polar surface area (TPSA) is 74.8 Å². The summed E-state index contributed by atoms with van der Waals surface area (Å²) in [6.45, 7) is 5.59. The number of nitrogens with zero attached hydrogens (tertiary/aromatic N) is 3. The van der Waals surface area contributed by atoms with Gasteiger partial charge in [0.05, 0.1) is 18.1 Å². The van der Waals surface area contributed by atoms with Crippen molar-refractivity contribution >= 4 is 29.4 Å². The molecule has 2 amide bonds. The number of pyridine rings is 1. The lowest BCUT2D eigenvalue weighted by atomic mass is 10.2. The van der Waals surface area contributed by atoms with Crippen LogP contribution in [0.1, 0.15) is 25.3 Å². The maximum atomic E-state index is 12.7. The molecule has 1 aromatic rings. The van der Waals surface area contributed by atoms with Crippen LogP contribution in [0.4, 0.5) is 5.82 Å². The highest BCUT2D eigenvalue weighted by molar-refractivity contribution is 8.01. The molecule has 1 N–H and O–H groups in total. The summed E-state index contributed by atoms with van der Waals surface area (Å²) in [6, 6.07) is 3.57. The van der Waals surface area contributed by atoms with Crippen molar-refractivity contribution in [2.45, 2.75) is 37.2 Å². The van der Waals surface area contributed by atoms with Crippen LogP contribution in [0, 0.1) is 0 Å². The minimum Gasteiger partial charge on any atom is -0.378 e. The van der Waals surface area contributed by atoms with Gasteiger partial charge in [-0.1, -0.05) is 0 Å². The molecule has 4 heterocycles. The van der Waals surface area contributed by atoms with Crippen molar-refractivity contribution < 1.29 is 14.3 Å². The molecule has 3 aliphatic heterocycles. The molecule has 0 aromatic carbocycles. The summed E-state index contributed by atoms with van der Waals surface area (Å²) in [7, 11) is 0. The molecule has 0 saturated carbocycles. The number of hydrogen-bond acceptors (Lipinski definition) is 6. The van der Waals surface area contributed by atoms with Crippen LogP contribution in [0.25, 0.3) is 0 Å². The minimum atomic E-state index is -0.361. The van der Waals surface area contributed by atoms with Crippen LogP contribution >= 0.6 is 11.8 Å². The lowest BCUT2D eigenvalue weighted by Crippen LogP contribution is -2.49. The summed E-state index contributed by atoms with van der Waals surface area (Å²) in [6.07, 6.45) is 3.15. The van der Waals surface area contributed by atoms with Crippen molar-refractivity contribution in [3.63, 3.8) is 0 Å². The van der Waals surface area contributed by atoms with Crippen LogP contribution in [-0.4, -0.2) is 64.7 Å². The van der Waals surface area contributed by atoms with Crippen LogP contribution in [0.15, 0.2) is 18.3 Å². The number of rotatable bonds is 4. The predicted octanol–water partition coefficient (Wildman–Crippen LogP) is 0.988. The second-order valence-electron chi connectivity index (χ2n) is 7.11. The Morgan fingerprint density at radius 2 is 2.27 bits per heavy atom. The van der Waals surface area contributed by atoms with Gasteiger partial charge in [-0.25, -0.2) is 4.98 Å². The number of carbonyl (C=O) groups excluding carboxylic acids is 2. The van der Waals surface area contributed by atoms with Crippen molar-refractivity contribution in [1.82, 2.24) is 15.2 Å². The van der Waals surface area contributed by atoms with Gasteiger partial charge in [-0.05, 0) is 31.0 Å². The van der Waals surface area contributed by atoms with Gasteiger partial charge in [0.15, 0.2) is 0 Å². The molecule has 7 nitrogen and oxygen atoms in total. The average molecular weight is 376 g/mol. The monoisotopic (exact) mass is 376 g/mol. The van der Waals surface area contributed by atoms with E-state index in [1.807, 2.05) is 12.1 Å². The summed E-state index contributed by atoms with van der Waals surface area (Å²) in [4.78, 5) is 33.1. The molecule has 140 valence electrons. The van der Waals surface area contributed by atoms with E-state index in [-0.39, 0.29) is 22.7 Å². The van der Waals surface area contributed by atoms with Gasteiger partial charge in [-0.15, -0.1) is 11.8 Å². The Labute approximate surface area is 157 Å². The minimum absolute atomic E-state index is 0.0683. The van der Waals surface area contributed by atoms with Crippen LogP contribution < -0.4 is 10.2 Å². The Kier molecular flexibility index (Phi) is 4.79. The Morgan fingerprint density at radius 3 is 3.08 bits per heavy atom. The van der Waals surface area contributed by atoms with Gasteiger partial charge in [-0.2, -0.15) is 0 Å². The van der Waals surface area contributed by atoms with E-state index >= 15 is 0 Å². The number of amides is 2. The van der Waals surface area contributed by atoms with E-state index in [0.29, 0.717) is 31.9 Å². The van der Waals surface area contributed by atoms with E-state index in [2.05, 4.69) is 22.1 Å². The van der Waals surface area contributed by atoms with Gasteiger partial charge in [0.2, 0.25) is 11.8 Å². The molecular weight excluding hydrogens is 352 g/mol. The lowest BCUT2D eigenvalue weighted by Gasteiger charge is -2.30. The predicted molar refractivity (Wildman–Crippen MR) is 99.8 cm³/mol. The van der Waals surface area contributed by atoms with Crippen molar-refractivity contribution in [3.05, 3.63) is 23.9 Å². The zero-order valence-corrected chi connectivity index (χ0v) is 15.8. The number of aromatic nitrogens is 1. The average Bonchev–Trinajstić information content (AvgIpc) is 3.17. The maximum Gasteiger partial charge on any atom is 0.243 e. The smallest absolute Gasteiger partial charge is 0.243 e. The fraction of sp³-hybridized carbons (Fsp3) is 0.611. The largest absolute Gasteiger partial charge is 0.378 e. The highest BCUT2D eigenvalue weighted by Crippen LogP contribution is 2.47. The van der Waals surface area contributed by atoms with E-state index in [1.54, 1.807) is 22.9 Å². The lowest BCUT2D eigenvalue weighted by molar-refractivity contribution is -0.138. The second-order valence-corrected chi connectivity index (χ2v) is 8.61. The third kappa shape index (κ3) is 3.27. The van der Waals surface area contributed by atoms with E-state index in [9.17, 15) is 9.59 Å². The summed E-state index contributed by atoms with van der Waals surface area (Å²) in [5.41, 5.74) is 1.01. The van der Waals surface area contributed by atoms with Crippen molar-refractivity contribution in [3.8, 4) is 0 Å². The molecule has 0 spiro atoms. The molecule has 0 bridgehead atoms. The molecule has 3 saturated heterocycles. The molecule has 1 aromatic heterocycles. The van der Waals surface area contributed by atoms with Gasteiger partial charge in [0.1, 0.15) is 11.9 Å². The number of carbonyl (C=O) groups is 2. The van der Waals surface area contributed by atoms with Crippen LogP contribution in [-0.2, 0) is 20.9 Å². The van der Waals surface area contributed by atoms with Gasteiger partial charge in [-0.3, -0.25) is 9.59 Å². The second kappa shape index (κ2) is 7.08. The third-order valence-corrected chi connectivity index (χ3v) is 6.86. The summed E-state index contributed by atoms with van der Waals surface area (Å²) in [5.74, 6) is 1.61. The molecule has 4 rings (SSSR count). The quantitative estimate of drug-likeness (QED) is 0.845. The third-order valence-electron chi connectivity index (χ3n) is 5.36. The highest BCUT2D eigenvalue weighted by atomic mass is 32.2. The fourth-order valence-corrected chi connectivity index (χ4v) is 5.29. The molecule has 8 heteroatoms. The summed E-state index contributed by atoms with van der Waals surface area (Å²) < 4.78 is 5.38. The zero-order valence-electron chi connectivity index (χ0n) is 14.9. The number of thioether (sulfide) groups is 1. The number of hydrogen-bond donors (Lipinski definition) is 1. The number of anilines is 1. The van der Waals surface area contributed by atoms with E-state index < -0.39 is 0 Å². The summed E-state index contributed by atoms with van der Waals surface area (Å²) in [5, 5.41) is 3.00. The van der Waals surface area contributed by atoms with E-state index in [4.69, 9.17) is 4.74 Å². The first-order valence-corrected chi connectivity index (χ1v) is 10.1. The molecule has 0 aliphatic carbocycles. The van der Waals surface area contributed by atoms with Crippen molar-refractivity contribution in [2.24, 2.45) is 0 Å². The molecule has 0 radical (unpaired) electrons. The van der Waals surface area contributed by atoms with Crippen molar-refractivity contribution in [1.29, 1.82) is 0 Å². The van der Waals surface area contributed by atoms with E-state index in [1.165, 1.54) is 0 Å². The Hall–Kier alpha value is -1.80. The first kappa shape index (κ1) is 17.6. The number of nitrogens with one attached hydrogen (secondary N) is 1. The SMILES string of the molecule is C[C@]12CCC(=O)N1[C@H](C(=O)NCc1ccnc(N3CCOCC3)c1)CS2.